The lowest BCUT2D eigenvalue weighted by molar-refractivity contribution is -0.301. The van der Waals surface area contributed by atoms with Gasteiger partial charge in [-0.15, -0.1) is 0 Å². The van der Waals surface area contributed by atoms with E-state index in [1.165, 1.54) is 0 Å². The fraction of sp³-hybridized carbons (Fsp3) is 0.978. The first-order valence-electron chi connectivity index (χ1n) is 22.6. The second kappa shape index (κ2) is 19.4. The zero-order chi connectivity index (χ0) is 44.7. The standard InChI is InChI=1S/C46H90N2O9Si/c1-22-36-46(16,51)40(57-58(20,21)43(10,11)12)33(8)48(19)26-27(2)24-45(15,50)39(56-42-29(4)35(47(17)18)23-28(3)52-42)30(5)38(31(6)41(49)54-36)55-37-25-44(13,14)32(7)34(9)53-37/h27-40,42,50-51H,22-26H2,1-21H3/t27-,28-,29-,30+,31-,32+,33-,34+,35+,36-,37?,38+,39-,40-,42?,45-,46-/m1/s1. The third kappa shape index (κ3) is 11.9. The van der Waals surface area contributed by atoms with Gasteiger partial charge in [-0.3, -0.25) is 4.79 Å². The molecule has 0 aliphatic carbocycles. The predicted molar refractivity (Wildman–Crippen MR) is 235 cm³/mol. The highest BCUT2D eigenvalue weighted by Crippen LogP contribution is 2.45. The van der Waals surface area contributed by atoms with Crippen molar-refractivity contribution in [2.45, 2.75) is 227 Å². The third-order valence-electron chi connectivity index (χ3n) is 15.3. The first-order valence-corrected chi connectivity index (χ1v) is 25.5. The van der Waals surface area contributed by atoms with Gasteiger partial charge in [0.25, 0.3) is 0 Å². The van der Waals surface area contributed by atoms with E-state index >= 15 is 0 Å². The molecule has 3 aliphatic heterocycles. The summed E-state index contributed by atoms with van der Waals surface area (Å²) in [6.45, 7) is 38.2. The van der Waals surface area contributed by atoms with Gasteiger partial charge < -0.3 is 48.1 Å². The van der Waals surface area contributed by atoms with E-state index in [4.69, 9.17) is 28.1 Å². The molecular weight excluding hydrogens is 753 g/mol. The van der Waals surface area contributed by atoms with Gasteiger partial charge in [-0.2, -0.15) is 0 Å². The smallest absolute Gasteiger partial charge is 0.311 e. The molecule has 3 rings (SSSR count). The minimum atomic E-state index is -2.44. The Morgan fingerprint density at radius 1 is 0.897 bits per heavy atom. The third-order valence-corrected chi connectivity index (χ3v) is 19.7. The van der Waals surface area contributed by atoms with Crippen LogP contribution in [0, 0.1) is 35.0 Å². The van der Waals surface area contributed by atoms with E-state index < -0.39 is 74.3 Å². The molecule has 2 N–H and O–H groups in total. The summed E-state index contributed by atoms with van der Waals surface area (Å²) in [6.07, 6.45) is -2.14. The van der Waals surface area contributed by atoms with Crippen LogP contribution in [0.4, 0.5) is 0 Å². The predicted octanol–water partition coefficient (Wildman–Crippen LogP) is 8.10. The van der Waals surface area contributed by atoms with Gasteiger partial charge in [0.05, 0.1) is 42.0 Å². The SMILES string of the molecule is CC[C@H]1OC(=O)[C@H](C)[C@@H](OC2CC(C)(C)[C@@H](C)[C@H](C)O2)[C@H](C)[C@@H](OC2O[C@H](C)C[C@H](N(C)C)[C@H]2C)[C@](C)(O)C[C@@H](C)CN(C)[C@H](C)[C@@H](O[Si](C)(C)C(C)(C)C)[C@]1(C)O. The number of ether oxygens (including phenoxy) is 5. The van der Waals surface area contributed by atoms with E-state index in [0.717, 1.165) is 6.42 Å². The molecule has 0 spiro atoms. The Kier molecular flexibility index (Phi) is 17.3. The summed E-state index contributed by atoms with van der Waals surface area (Å²) in [5, 5.41) is 25.5. The minimum Gasteiger partial charge on any atom is -0.459 e. The van der Waals surface area contributed by atoms with Gasteiger partial charge in [0.2, 0.25) is 0 Å². The van der Waals surface area contributed by atoms with Gasteiger partial charge in [0.15, 0.2) is 20.9 Å². The number of aliphatic hydroxyl groups is 2. The number of likely N-dealkylation sites (N-methyl/N-ethyl adjacent to an activating group) is 1. The van der Waals surface area contributed by atoms with Gasteiger partial charge in [-0.05, 0) is 117 Å². The Bertz CT molecular complexity index is 1320. The van der Waals surface area contributed by atoms with E-state index in [-0.39, 0.29) is 46.6 Å². The largest absolute Gasteiger partial charge is 0.459 e. The van der Waals surface area contributed by atoms with Crippen molar-refractivity contribution in [2.75, 3.05) is 27.7 Å². The van der Waals surface area contributed by atoms with Crippen molar-refractivity contribution >= 4 is 14.3 Å². The topological polar surface area (TPSA) is 119 Å². The molecule has 0 aromatic carbocycles. The lowest BCUT2D eigenvalue weighted by atomic mass is 9.72. The average Bonchev–Trinajstić information content (AvgIpc) is 3.08. The molecule has 342 valence electrons. The zero-order valence-corrected chi connectivity index (χ0v) is 41.8. The normalized spacial score (nSPS) is 44.7. The summed E-state index contributed by atoms with van der Waals surface area (Å²) < 4.78 is 40.9. The maximum Gasteiger partial charge on any atom is 0.311 e. The van der Waals surface area contributed by atoms with Crippen molar-refractivity contribution in [2.24, 2.45) is 35.0 Å². The van der Waals surface area contributed by atoms with E-state index in [9.17, 15) is 15.0 Å². The van der Waals surface area contributed by atoms with Crippen LogP contribution in [0.2, 0.25) is 18.1 Å². The number of hydrogen-bond donors (Lipinski definition) is 2. The molecule has 3 saturated heterocycles. The molecular formula is C46H90N2O9Si. The van der Waals surface area contributed by atoms with Crippen molar-refractivity contribution in [1.82, 2.24) is 9.80 Å². The van der Waals surface area contributed by atoms with Crippen molar-refractivity contribution < 1.29 is 43.1 Å². The molecule has 0 bridgehead atoms. The zero-order valence-electron chi connectivity index (χ0n) is 40.8. The molecule has 0 saturated carbocycles. The lowest BCUT2D eigenvalue weighted by Gasteiger charge is -2.49. The monoisotopic (exact) mass is 843 g/mol. The number of rotatable bonds is 8. The number of esters is 1. The van der Waals surface area contributed by atoms with Crippen molar-refractivity contribution in [3.05, 3.63) is 0 Å². The molecule has 3 fully saturated rings. The molecule has 0 amide bonds. The average molecular weight is 843 g/mol. The fourth-order valence-electron chi connectivity index (χ4n) is 9.90. The Labute approximate surface area is 356 Å². The van der Waals surface area contributed by atoms with Crippen molar-refractivity contribution in [3.8, 4) is 0 Å². The quantitative estimate of drug-likeness (QED) is 0.182. The van der Waals surface area contributed by atoms with E-state index in [1.807, 2.05) is 27.7 Å². The molecule has 0 aromatic rings. The maximum atomic E-state index is 14.7. The number of cyclic esters (lactones) is 1. The van der Waals surface area contributed by atoms with E-state index in [2.05, 4.69) is 120 Å². The molecule has 17 atom stereocenters. The Balaban J connectivity index is 2.23. The van der Waals surface area contributed by atoms with Crippen LogP contribution < -0.4 is 0 Å². The number of nitrogens with zero attached hydrogens (tertiary/aromatic N) is 2. The van der Waals surface area contributed by atoms with Crippen LogP contribution in [0.1, 0.15) is 136 Å². The highest BCUT2D eigenvalue weighted by atomic mass is 28.4. The van der Waals surface area contributed by atoms with Crippen LogP contribution in [0.3, 0.4) is 0 Å². The van der Waals surface area contributed by atoms with Crippen LogP contribution in [0.5, 0.6) is 0 Å². The second-order valence-corrected chi connectivity index (χ2v) is 27.0. The molecule has 0 radical (unpaired) electrons. The second-order valence-electron chi connectivity index (χ2n) is 22.2. The summed E-state index contributed by atoms with van der Waals surface area (Å²) in [5.41, 5.74) is -2.98. The van der Waals surface area contributed by atoms with Crippen LogP contribution in [-0.4, -0.2) is 134 Å². The summed E-state index contributed by atoms with van der Waals surface area (Å²) in [6, 6.07) is -0.0427. The Morgan fingerprint density at radius 3 is 2.00 bits per heavy atom. The lowest BCUT2D eigenvalue weighted by Crippen LogP contribution is -2.63. The highest BCUT2D eigenvalue weighted by Gasteiger charge is 2.53. The van der Waals surface area contributed by atoms with Gasteiger partial charge in [-0.1, -0.05) is 69.2 Å². The molecule has 2 unspecified atom stereocenters. The highest BCUT2D eigenvalue weighted by molar-refractivity contribution is 6.74. The van der Waals surface area contributed by atoms with E-state index in [1.54, 1.807) is 6.92 Å². The number of hydrogen-bond acceptors (Lipinski definition) is 11. The first-order chi connectivity index (χ1) is 26.3. The molecule has 3 heterocycles. The number of carbonyl (C=O) groups is 1. The first kappa shape index (κ1) is 51.7. The Morgan fingerprint density at radius 2 is 1.48 bits per heavy atom. The summed E-state index contributed by atoms with van der Waals surface area (Å²) in [4.78, 5) is 19.2. The molecule has 3 aliphatic rings. The van der Waals surface area contributed by atoms with Crippen LogP contribution >= 0.6 is 0 Å². The minimum absolute atomic E-state index is 0.00366. The van der Waals surface area contributed by atoms with Gasteiger partial charge in [0.1, 0.15) is 11.7 Å². The van der Waals surface area contributed by atoms with Gasteiger partial charge in [-0.25, -0.2) is 0 Å². The summed E-state index contributed by atoms with van der Waals surface area (Å²) >= 11 is 0. The van der Waals surface area contributed by atoms with Crippen LogP contribution in [-0.2, 0) is 32.9 Å². The molecule has 12 heteroatoms. The van der Waals surface area contributed by atoms with Gasteiger partial charge >= 0.3 is 5.97 Å². The van der Waals surface area contributed by atoms with Crippen molar-refractivity contribution in [1.29, 1.82) is 0 Å². The number of carbonyl (C=O) groups excluding carboxylic acids is 1. The van der Waals surface area contributed by atoms with Crippen LogP contribution in [0.25, 0.3) is 0 Å². The molecule has 58 heavy (non-hydrogen) atoms. The molecule has 11 nitrogen and oxygen atoms in total. The van der Waals surface area contributed by atoms with Crippen molar-refractivity contribution in [3.63, 3.8) is 0 Å². The Hall–Kier alpha value is -0.673. The molecule has 0 aromatic heterocycles. The maximum absolute atomic E-state index is 14.7. The van der Waals surface area contributed by atoms with Crippen LogP contribution in [0.15, 0.2) is 0 Å². The fourth-order valence-corrected chi connectivity index (χ4v) is 11.3. The summed E-state index contributed by atoms with van der Waals surface area (Å²) in [5.74, 6) is -1.52. The van der Waals surface area contributed by atoms with E-state index in [0.29, 0.717) is 31.7 Å². The van der Waals surface area contributed by atoms with Gasteiger partial charge in [0, 0.05) is 36.9 Å². The summed E-state index contributed by atoms with van der Waals surface area (Å²) in [7, 11) is 3.79.